The first-order valence-corrected chi connectivity index (χ1v) is 8.34. The molecule has 0 saturated carbocycles. The van der Waals surface area contributed by atoms with Gasteiger partial charge in [-0.05, 0) is 35.4 Å². The third-order valence-corrected chi connectivity index (χ3v) is 4.08. The van der Waals surface area contributed by atoms with Crippen LogP contribution in [0.1, 0.15) is 16.7 Å². The van der Waals surface area contributed by atoms with E-state index in [-0.39, 0.29) is 23.8 Å². The number of amidine groups is 1. The minimum Gasteiger partial charge on any atom is -0.497 e. The van der Waals surface area contributed by atoms with Crippen molar-refractivity contribution in [3.8, 4) is 5.75 Å². The minimum atomic E-state index is -0.146. The lowest BCUT2D eigenvalue weighted by atomic mass is 10.2. The van der Waals surface area contributed by atoms with Gasteiger partial charge in [-0.25, -0.2) is 0 Å². The van der Waals surface area contributed by atoms with Crippen molar-refractivity contribution in [2.45, 2.75) is 13.1 Å². The average Bonchev–Trinajstić information content (AvgIpc) is 2.69. The molecular weight excluding hydrogens is 362 g/mol. The molecule has 2 aromatic carbocycles. The van der Waals surface area contributed by atoms with Crippen molar-refractivity contribution in [1.82, 2.24) is 4.57 Å². The van der Waals surface area contributed by atoms with E-state index in [2.05, 4.69) is 4.99 Å². The minimum absolute atomic E-state index is 0. The quantitative estimate of drug-likeness (QED) is 0.524. The topological polar surface area (TPSA) is 69.6 Å². The third-order valence-electron chi connectivity index (χ3n) is 4.08. The number of methoxy groups -OCH3 is 1. The maximum Gasteiger partial charge on any atom is 0.261 e. The molecule has 0 atom stereocenters. The molecule has 0 aliphatic carbocycles. The molecule has 0 aliphatic rings. The third kappa shape index (κ3) is 5.21. The summed E-state index contributed by atoms with van der Waals surface area (Å²) < 4.78 is 6.78. The van der Waals surface area contributed by atoms with Crippen molar-refractivity contribution in [1.29, 1.82) is 0 Å². The Bertz CT molecular complexity index is 951. The van der Waals surface area contributed by atoms with Crippen LogP contribution in [0.25, 0.3) is 0 Å². The number of rotatable bonds is 6. The monoisotopic (exact) mass is 383 g/mol. The summed E-state index contributed by atoms with van der Waals surface area (Å²) in [5.41, 5.74) is 8.39. The van der Waals surface area contributed by atoms with Gasteiger partial charge in [-0.15, -0.1) is 12.4 Å². The number of ether oxygens (including phenoxy) is 1. The van der Waals surface area contributed by atoms with Crippen LogP contribution in [0.4, 0.5) is 0 Å². The van der Waals surface area contributed by atoms with Crippen LogP contribution >= 0.6 is 12.4 Å². The fourth-order valence-corrected chi connectivity index (χ4v) is 2.63. The number of benzene rings is 2. The van der Waals surface area contributed by atoms with E-state index >= 15 is 0 Å². The lowest BCUT2D eigenvalue weighted by Crippen LogP contribution is -2.30. The molecule has 2 N–H and O–H groups in total. The first kappa shape index (κ1) is 20.3. The summed E-state index contributed by atoms with van der Waals surface area (Å²) in [7, 11) is 1.63. The molecule has 3 rings (SSSR count). The second-order valence-corrected chi connectivity index (χ2v) is 5.89. The Morgan fingerprint density at radius 1 is 1.00 bits per heavy atom. The van der Waals surface area contributed by atoms with Crippen LogP contribution in [0.3, 0.4) is 0 Å². The molecule has 5 nitrogen and oxygen atoms in total. The molecule has 0 radical (unpaired) electrons. The Hall–Kier alpha value is -3.05. The summed E-state index contributed by atoms with van der Waals surface area (Å²) in [5.74, 6) is 1.03. The first-order valence-electron chi connectivity index (χ1n) is 8.34. The highest BCUT2D eigenvalue weighted by Crippen LogP contribution is 2.12. The molecule has 0 fully saturated rings. The van der Waals surface area contributed by atoms with Crippen molar-refractivity contribution in [2.24, 2.45) is 10.7 Å². The van der Waals surface area contributed by atoms with E-state index in [1.165, 1.54) is 0 Å². The molecule has 0 unspecified atom stereocenters. The summed E-state index contributed by atoms with van der Waals surface area (Å²) in [4.78, 5) is 17.1. The van der Waals surface area contributed by atoms with Crippen LogP contribution in [-0.4, -0.2) is 17.5 Å². The number of hydrogen-bond donors (Lipinski definition) is 1. The molecular formula is C21H22ClN3O2. The molecule has 0 saturated heterocycles. The standard InChI is InChI=1S/C21H21N3O2.ClH/c1-26-18-11-9-16(10-12-18)14-23-20(22)19-8-5-13-24(21(19)25)15-17-6-3-2-4-7-17;/h2-13H,14-15H2,1H3,(H2,22,23);1H. The largest absolute Gasteiger partial charge is 0.497 e. The number of aromatic nitrogens is 1. The lowest BCUT2D eigenvalue weighted by molar-refractivity contribution is 0.414. The smallest absolute Gasteiger partial charge is 0.261 e. The normalized spacial score (nSPS) is 10.9. The number of nitrogens with two attached hydrogens (primary N) is 1. The van der Waals surface area contributed by atoms with Crippen LogP contribution in [0.5, 0.6) is 5.75 Å². The second kappa shape index (κ2) is 9.59. The number of hydrogen-bond acceptors (Lipinski definition) is 3. The molecule has 1 heterocycles. The SMILES string of the molecule is COc1ccc(CN=C(N)c2cccn(Cc3ccccc3)c2=O)cc1.Cl. The fourth-order valence-electron chi connectivity index (χ4n) is 2.63. The Kier molecular flexibility index (Phi) is 7.20. The van der Waals surface area contributed by atoms with Gasteiger partial charge < -0.3 is 15.0 Å². The Labute approximate surface area is 164 Å². The molecule has 0 spiro atoms. The van der Waals surface area contributed by atoms with Crippen LogP contribution in [-0.2, 0) is 13.1 Å². The van der Waals surface area contributed by atoms with Crippen LogP contribution in [0.2, 0.25) is 0 Å². The molecule has 3 aromatic rings. The van der Waals surface area contributed by atoms with Gasteiger partial charge in [0.1, 0.15) is 11.6 Å². The maximum atomic E-state index is 12.7. The van der Waals surface area contributed by atoms with Gasteiger partial charge >= 0.3 is 0 Å². The summed E-state index contributed by atoms with van der Waals surface area (Å²) in [6.45, 7) is 0.905. The van der Waals surface area contributed by atoms with Crippen molar-refractivity contribution in [2.75, 3.05) is 7.11 Å². The van der Waals surface area contributed by atoms with Crippen molar-refractivity contribution in [3.05, 3.63) is 100.0 Å². The van der Waals surface area contributed by atoms with Crippen LogP contribution in [0, 0.1) is 0 Å². The molecule has 0 amide bonds. The highest BCUT2D eigenvalue weighted by Gasteiger charge is 2.07. The molecule has 6 heteroatoms. The van der Waals surface area contributed by atoms with E-state index in [0.717, 1.165) is 16.9 Å². The Morgan fingerprint density at radius 3 is 2.37 bits per heavy atom. The summed E-state index contributed by atoms with van der Waals surface area (Å²) in [5, 5.41) is 0. The zero-order chi connectivity index (χ0) is 18.4. The van der Waals surface area contributed by atoms with Crippen LogP contribution < -0.4 is 16.0 Å². The molecule has 140 valence electrons. The van der Waals surface area contributed by atoms with Gasteiger partial charge in [0.25, 0.3) is 5.56 Å². The van der Waals surface area contributed by atoms with E-state index in [4.69, 9.17) is 10.5 Å². The summed E-state index contributed by atoms with van der Waals surface area (Å²) >= 11 is 0. The van der Waals surface area contributed by atoms with E-state index in [9.17, 15) is 4.79 Å². The fraction of sp³-hybridized carbons (Fsp3) is 0.143. The Balaban J connectivity index is 0.00000261. The molecule has 1 aromatic heterocycles. The van der Waals surface area contributed by atoms with Gasteiger partial charge in [0.2, 0.25) is 0 Å². The van der Waals surface area contributed by atoms with E-state index in [1.807, 2.05) is 60.7 Å². The number of halogens is 1. The van der Waals surface area contributed by atoms with Gasteiger partial charge in [0.05, 0.1) is 25.8 Å². The van der Waals surface area contributed by atoms with E-state index in [1.54, 1.807) is 23.9 Å². The van der Waals surface area contributed by atoms with E-state index in [0.29, 0.717) is 18.7 Å². The number of pyridine rings is 1. The molecule has 0 aliphatic heterocycles. The first-order chi connectivity index (χ1) is 12.7. The lowest BCUT2D eigenvalue weighted by Gasteiger charge is -2.08. The zero-order valence-corrected chi connectivity index (χ0v) is 15.9. The summed E-state index contributed by atoms with van der Waals surface area (Å²) in [6, 6.07) is 20.9. The molecule has 0 bridgehead atoms. The second-order valence-electron chi connectivity index (χ2n) is 5.89. The zero-order valence-electron chi connectivity index (χ0n) is 15.0. The predicted octanol–water partition coefficient (Wildman–Crippen LogP) is 3.23. The van der Waals surface area contributed by atoms with Gasteiger partial charge in [0, 0.05) is 6.20 Å². The number of aliphatic imine (C=N–C) groups is 1. The predicted molar refractivity (Wildman–Crippen MR) is 111 cm³/mol. The van der Waals surface area contributed by atoms with Crippen molar-refractivity contribution in [3.63, 3.8) is 0 Å². The highest BCUT2D eigenvalue weighted by atomic mass is 35.5. The van der Waals surface area contributed by atoms with Crippen molar-refractivity contribution < 1.29 is 4.74 Å². The van der Waals surface area contributed by atoms with Crippen LogP contribution in [0.15, 0.2) is 82.7 Å². The van der Waals surface area contributed by atoms with Crippen molar-refractivity contribution >= 4 is 18.2 Å². The van der Waals surface area contributed by atoms with Gasteiger partial charge in [-0.3, -0.25) is 9.79 Å². The number of nitrogens with zero attached hydrogens (tertiary/aromatic N) is 2. The highest BCUT2D eigenvalue weighted by molar-refractivity contribution is 5.97. The molecule has 27 heavy (non-hydrogen) atoms. The Morgan fingerprint density at radius 2 is 1.70 bits per heavy atom. The van der Waals surface area contributed by atoms with Gasteiger partial charge in [-0.1, -0.05) is 42.5 Å². The van der Waals surface area contributed by atoms with E-state index < -0.39 is 0 Å². The maximum absolute atomic E-state index is 12.7. The van der Waals surface area contributed by atoms with Gasteiger partial charge in [-0.2, -0.15) is 0 Å². The van der Waals surface area contributed by atoms with Gasteiger partial charge in [0.15, 0.2) is 0 Å². The summed E-state index contributed by atoms with van der Waals surface area (Å²) in [6.07, 6.45) is 1.76. The average molecular weight is 384 g/mol.